The molecule has 2 rings (SSSR count). The molecule has 0 bridgehead atoms. The predicted molar refractivity (Wildman–Crippen MR) is 88.8 cm³/mol. The number of hydrogen-bond acceptors (Lipinski definition) is 5. The number of ether oxygens (including phenoxy) is 1. The molecule has 12 heteroatoms. The monoisotopic (exact) mass is 464 g/mol. The summed E-state index contributed by atoms with van der Waals surface area (Å²) < 4.78 is 68.1. The van der Waals surface area contributed by atoms with Gasteiger partial charge in [-0.1, -0.05) is 0 Å². The van der Waals surface area contributed by atoms with E-state index in [0.717, 1.165) is 11.3 Å². The van der Waals surface area contributed by atoms with Crippen LogP contribution < -0.4 is 0 Å². The molecule has 0 spiro atoms. The Labute approximate surface area is 155 Å². The fourth-order valence-corrected chi connectivity index (χ4v) is 5.85. The molecule has 142 valence electrons. The second-order valence-corrected chi connectivity index (χ2v) is 9.98. The summed E-state index contributed by atoms with van der Waals surface area (Å²) in [5, 5.41) is 0. The lowest BCUT2D eigenvalue weighted by Crippen LogP contribution is -2.52. The first-order chi connectivity index (χ1) is 11.5. The Bertz CT molecular complexity index is 715. The maximum absolute atomic E-state index is 12.5. The Kier molecular flexibility index (Phi) is 6.52. The van der Waals surface area contributed by atoms with Gasteiger partial charge in [-0.25, -0.2) is 8.42 Å². The third-order valence-electron chi connectivity index (χ3n) is 3.54. The van der Waals surface area contributed by atoms with Crippen LogP contribution >= 0.6 is 27.3 Å². The van der Waals surface area contributed by atoms with Gasteiger partial charge in [-0.05, 0) is 35.0 Å². The summed E-state index contributed by atoms with van der Waals surface area (Å²) in [5.41, 5.74) is 0. The topological polar surface area (TPSA) is 66.9 Å². The molecular weight excluding hydrogens is 449 g/mol. The molecular formula is C13H16BrF3N2O4S2. The van der Waals surface area contributed by atoms with Gasteiger partial charge < -0.3 is 9.64 Å². The van der Waals surface area contributed by atoms with Gasteiger partial charge >= 0.3 is 6.18 Å². The van der Waals surface area contributed by atoms with Gasteiger partial charge in [-0.2, -0.15) is 17.5 Å². The standard InChI is InChI=1S/C13H16BrF3N2O4S2/c1-9(23-8-13(15,16)17)12(20)18-4-6-19(7-5-18)25(21,22)11-3-2-10(14)24-11/h2-3,9H,4-8H2,1H3/t9-/m0/s1. The highest BCUT2D eigenvalue weighted by Gasteiger charge is 2.34. The highest BCUT2D eigenvalue weighted by atomic mass is 79.9. The van der Waals surface area contributed by atoms with Gasteiger partial charge in [0.15, 0.2) is 0 Å². The first kappa shape index (κ1) is 20.6. The smallest absolute Gasteiger partial charge is 0.359 e. The van der Waals surface area contributed by atoms with Gasteiger partial charge in [0.05, 0.1) is 3.79 Å². The molecule has 25 heavy (non-hydrogen) atoms. The number of carbonyl (C=O) groups excluding carboxylic acids is 1. The summed E-state index contributed by atoms with van der Waals surface area (Å²) in [5.74, 6) is -0.583. The van der Waals surface area contributed by atoms with E-state index in [0.29, 0.717) is 3.79 Å². The SMILES string of the molecule is C[C@H](OCC(F)(F)F)C(=O)N1CCN(S(=O)(=O)c2ccc(Br)s2)CC1. The Balaban J connectivity index is 1.91. The minimum absolute atomic E-state index is 0.0790. The van der Waals surface area contributed by atoms with E-state index in [9.17, 15) is 26.4 Å². The molecule has 6 nitrogen and oxygen atoms in total. The fourth-order valence-electron chi connectivity index (χ4n) is 2.26. The molecule has 0 N–H and O–H groups in total. The molecule has 1 atom stereocenters. The Morgan fingerprint density at radius 1 is 1.32 bits per heavy atom. The Morgan fingerprint density at radius 2 is 1.92 bits per heavy atom. The lowest BCUT2D eigenvalue weighted by Gasteiger charge is -2.34. The summed E-state index contributed by atoms with van der Waals surface area (Å²) >= 11 is 4.30. The van der Waals surface area contributed by atoms with Crippen LogP contribution in [0.3, 0.4) is 0 Å². The van der Waals surface area contributed by atoms with Crippen molar-refractivity contribution in [2.24, 2.45) is 0 Å². The van der Waals surface area contributed by atoms with Crippen molar-refractivity contribution in [1.29, 1.82) is 0 Å². The van der Waals surface area contributed by atoms with Crippen LogP contribution in [0.1, 0.15) is 6.92 Å². The molecule has 1 aliphatic heterocycles. The highest BCUT2D eigenvalue weighted by molar-refractivity contribution is 9.11. The van der Waals surface area contributed by atoms with Crippen molar-refractivity contribution in [2.45, 2.75) is 23.4 Å². The summed E-state index contributed by atoms with van der Waals surface area (Å²) in [6, 6.07) is 3.13. The molecule has 1 fully saturated rings. The number of amides is 1. The highest BCUT2D eigenvalue weighted by Crippen LogP contribution is 2.29. The quantitative estimate of drug-likeness (QED) is 0.670. The Hall–Kier alpha value is -0.690. The summed E-state index contributed by atoms with van der Waals surface area (Å²) in [6.45, 7) is 0.113. The minimum atomic E-state index is -4.50. The first-order valence-corrected chi connectivity index (χ1v) is 10.3. The van der Waals surface area contributed by atoms with Gasteiger partial charge in [0, 0.05) is 26.2 Å². The zero-order valence-corrected chi connectivity index (χ0v) is 16.3. The molecule has 2 heterocycles. The van der Waals surface area contributed by atoms with Crippen LogP contribution in [-0.2, 0) is 19.6 Å². The molecule has 0 aliphatic carbocycles. The molecule has 0 radical (unpaired) electrons. The summed E-state index contributed by atoms with van der Waals surface area (Å²) in [4.78, 5) is 13.4. The van der Waals surface area contributed by atoms with Gasteiger partial charge in [0.25, 0.3) is 15.9 Å². The second-order valence-electron chi connectivity index (χ2n) is 5.36. The van der Waals surface area contributed by atoms with Gasteiger partial charge in [-0.15, -0.1) is 11.3 Å². The van der Waals surface area contributed by atoms with E-state index < -0.39 is 34.8 Å². The number of rotatable bonds is 5. The van der Waals surface area contributed by atoms with Crippen molar-refractivity contribution < 1.29 is 31.1 Å². The third kappa shape index (κ3) is 5.39. The van der Waals surface area contributed by atoms with E-state index in [1.54, 1.807) is 6.07 Å². The fraction of sp³-hybridized carbons (Fsp3) is 0.615. The van der Waals surface area contributed by atoms with Crippen LogP contribution in [-0.4, -0.2) is 68.6 Å². The number of alkyl halides is 3. The van der Waals surface area contributed by atoms with Crippen LogP contribution in [0.2, 0.25) is 0 Å². The minimum Gasteiger partial charge on any atom is -0.359 e. The van der Waals surface area contributed by atoms with Crippen molar-refractivity contribution in [3.8, 4) is 0 Å². The number of thiophene rings is 1. The number of halogens is 4. The molecule has 1 saturated heterocycles. The maximum Gasteiger partial charge on any atom is 0.411 e. The molecule has 0 aromatic carbocycles. The van der Waals surface area contributed by atoms with Crippen molar-refractivity contribution in [2.75, 3.05) is 32.8 Å². The zero-order chi connectivity index (χ0) is 18.8. The van der Waals surface area contributed by atoms with Gasteiger partial charge in [0.2, 0.25) is 0 Å². The normalized spacial score (nSPS) is 18.4. The van der Waals surface area contributed by atoms with Crippen molar-refractivity contribution >= 4 is 43.2 Å². The number of hydrogen-bond donors (Lipinski definition) is 0. The van der Waals surface area contributed by atoms with Crippen molar-refractivity contribution in [3.63, 3.8) is 0 Å². The van der Waals surface area contributed by atoms with Crippen LogP contribution in [0.15, 0.2) is 20.1 Å². The van der Waals surface area contributed by atoms with E-state index in [4.69, 9.17) is 0 Å². The number of piperazine rings is 1. The van der Waals surface area contributed by atoms with E-state index in [1.165, 1.54) is 22.2 Å². The average Bonchev–Trinajstić information content (AvgIpc) is 2.98. The third-order valence-corrected chi connectivity index (χ3v) is 7.53. The molecule has 0 unspecified atom stereocenters. The summed E-state index contributed by atoms with van der Waals surface area (Å²) in [7, 11) is -3.64. The maximum atomic E-state index is 12.5. The lowest BCUT2D eigenvalue weighted by molar-refractivity contribution is -0.188. The summed E-state index contributed by atoms with van der Waals surface area (Å²) in [6.07, 6.45) is -5.74. The predicted octanol–water partition coefficient (Wildman–Crippen LogP) is 2.31. The first-order valence-electron chi connectivity index (χ1n) is 7.23. The van der Waals surface area contributed by atoms with Gasteiger partial charge in [0.1, 0.15) is 16.9 Å². The largest absolute Gasteiger partial charge is 0.411 e. The van der Waals surface area contributed by atoms with Crippen LogP contribution in [0.25, 0.3) is 0 Å². The lowest BCUT2D eigenvalue weighted by atomic mass is 10.3. The Morgan fingerprint density at radius 3 is 2.40 bits per heavy atom. The van der Waals surface area contributed by atoms with E-state index in [2.05, 4.69) is 20.7 Å². The molecule has 1 aromatic rings. The van der Waals surface area contributed by atoms with Crippen molar-refractivity contribution in [1.82, 2.24) is 9.21 Å². The van der Waals surface area contributed by atoms with Crippen molar-refractivity contribution in [3.05, 3.63) is 15.9 Å². The van der Waals surface area contributed by atoms with Crippen LogP contribution in [0, 0.1) is 0 Å². The van der Waals surface area contributed by atoms with Crippen LogP contribution in [0.4, 0.5) is 13.2 Å². The zero-order valence-electron chi connectivity index (χ0n) is 13.1. The number of carbonyl (C=O) groups is 1. The number of nitrogens with zero attached hydrogens (tertiary/aromatic N) is 2. The molecule has 1 amide bonds. The molecule has 1 aromatic heterocycles. The van der Waals surface area contributed by atoms with E-state index >= 15 is 0 Å². The van der Waals surface area contributed by atoms with E-state index in [-0.39, 0.29) is 30.4 Å². The number of sulfonamides is 1. The van der Waals surface area contributed by atoms with E-state index in [1.807, 2.05) is 0 Å². The average molecular weight is 465 g/mol. The second kappa shape index (κ2) is 7.91. The molecule has 0 saturated carbocycles. The van der Waals surface area contributed by atoms with Gasteiger partial charge in [-0.3, -0.25) is 4.79 Å². The van der Waals surface area contributed by atoms with Crippen LogP contribution in [0.5, 0.6) is 0 Å². The molecule has 1 aliphatic rings.